The minimum Gasteiger partial charge on any atom is -0.493 e. The van der Waals surface area contributed by atoms with Gasteiger partial charge in [0, 0.05) is 18.5 Å². The van der Waals surface area contributed by atoms with Crippen molar-refractivity contribution in [2.24, 2.45) is 0 Å². The lowest BCUT2D eigenvalue weighted by Crippen LogP contribution is -2.20. The number of methoxy groups -OCH3 is 1. The fourth-order valence-electron chi connectivity index (χ4n) is 2.76. The van der Waals surface area contributed by atoms with E-state index in [9.17, 15) is 4.79 Å². The van der Waals surface area contributed by atoms with Crippen LogP contribution in [0.5, 0.6) is 11.5 Å². The average Bonchev–Trinajstić information content (AvgIpc) is 3.10. The molecule has 6 heteroatoms. The van der Waals surface area contributed by atoms with Crippen molar-refractivity contribution in [3.63, 3.8) is 0 Å². The number of ether oxygens (including phenoxy) is 2. The second kappa shape index (κ2) is 8.40. The molecule has 0 aliphatic heterocycles. The molecule has 0 bridgehead atoms. The zero-order valence-corrected chi connectivity index (χ0v) is 15.7. The first-order chi connectivity index (χ1) is 13.1. The van der Waals surface area contributed by atoms with Gasteiger partial charge < -0.3 is 19.2 Å². The predicted octanol–water partition coefficient (Wildman–Crippen LogP) is 3.38. The molecule has 0 spiro atoms. The van der Waals surface area contributed by atoms with E-state index >= 15 is 0 Å². The minimum atomic E-state index is -0.184. The van der Waals surface area contributed by atoms with E-state index in [1.54, 1.807) is 13.2 Å². The number of rotatable bonds is 7. The molecule has 3 rings (SSSR count). The first-order valence-electron chi connectivity index (χ1n) is 8.80. The van der Waals surface area contributed by atoms with Crippen LogP contribution < -0.4 is 14.8 Å². The first kappa shape index (κ1) is 18.5. The maximum atomic E-state index is 12.1. The fourth-order valence-corrected chi connectivity index (χ4v) is 2.76. The highest BCUT2D eigenvalue weighted by molar-refractivity contribution is 5.91. The molecule has 2 aromatic heterocycles. The second-order valence-corrected chi connectivity index (χ2v) is 6.05. The highest BCUT2D eigenvalue weighted by Gasteiger charge is 2.06. The topological polar surface area (TPSA) is 64.9 Å². The van der Waals surface area contributed by atoms with Gasteiger partial charge in [-0.05, 0) is 49.2 Å². The molecule has 0 aliphatic carbocycles. The molecule has 140 valence electrons. The predicted molar refractivity (Wildman–Crippen MR) is 105 cm³/mol. The van der Waals surface area contributed by atoms with Gasteiger partial charge in [-0.3, -0.25) is 4.79 Å². The van der Waals surface area contributed by atoms with Crippen molar-refractivity contribution < 1.29 is 14.3 Å². The molecule has 0 atom stereocenters. The summed E-state index contributed by atoms with van der Waals surface area (Å²) in [5.41, 5.74) is 3.67. The van der Waals surface area contributed by atoms with Crippen LogP contribution >= 0.6 is 0 Å². The van der Waals surface area contributed by atoms with Gasteiger partial charge in [0.05, 0.1) is 26.0 Å². The molecule has 1 N–H and O–H groups in total. The lowest BCUT2D eigenvalue weighted by atomic mass is 10.2. The molecule has 27 heavy (non-hydrogen) atoms. The molecule has 1 aromatic carbocycles. The number of nitrogens with one attached hydrogen (secondary N) is 1. The summed E-state index contributed by atoms with van der Waals surface area (Å²) in [5, 5.41) is 2.85. The van der Waals surface area contributed by atoms with Gasteiger partial charge >= 0.3 is 0 Å². The van der Waals surface area contributed by atoms with Crippen LogP contribution in [0.1, 0.15) is 23.7 Å². The Bertz CT molecular complexity index is 976. The molecule has 2 heterocycles. The zero-order chi connectivity index (χ0) is 19.2. The van der Waals surface area contributed by atoms with Crippen molar-refractivity contribution in [3.8, 4) is 11.5 Å². The fraction of sp³-hybridized carbons (Fsp3) is 0.238. The van der Waals surface area contributed by atoms with Crippen molar-refractivity contribution in [3.05, 3.63) is 65.6 Å². The van der Waals surface area contributed by atoms with Gasteiger partial charge in [-0.2, -0.15) is 0 Å². The summed E-state index contributed by atoms with van der Waals surface area (Å²) in [5.74, 6) is 1.14. The number of imidazole rings is 1. The molecule has 0 unspecified atom stereocenters. The van der Waals surface area contributed by atoms with Crippen LogP contribution in [0, 0.1) is 6.92 Å². The third kappa shape index (κ3) is 4.47. The third-order valence-corrected chi connectivity index (χ3v) is 4.09. The van der Waals surface area contributed by atoms with Crippen molar-refractivity contribution in [2.45, 2.75) is 20.4 Å². The Hall–Kier alpha value is -3.28. The SMILES string of the molecule is CCOc1ccc(/C=C/C(=O)NCc2cn3cccc(C)c3n2)cc1OC. The highest BCUT2D eigenvalue weighted by atomic mass is 16.5. The van der Waals surface area contributed by atoms with E-state index in [0.29, 0.717) is 24.7 Å². The smallest absolute Gasteiger partial charge is 0.244 e. The van der Waals surface area contributed by atoms with Crippen LogP contribution in [-0.2, 0) is 11.3 Å². The first-order valence-corrected chi connectivity index (χ1v) is 8.80. The van der Waals surface area contributed by atoms with Crippen LogP contribution in [0.3, 0.4) is 0 Å². The van der Waals surface area contributed by atoms with Crippen molar-refractivity contribution in [2.75, 3.05) is 13.7 Å². The number of amides is 1. The maximum absolute atomic E-state index is 12.1. The van der Waals surface area contributed by atoms with Gasteiger partial charge in [-0.25, -0.2) is 4.98 Å². The molecule has 0 aliphatic rings. The zero-order valence-electron chi connectivity index (χ0n) is 15.7. The molecule has 0 saturated heterocycles. The summed E-state index contributed by atoms with van der Waals surface area (Å²) in [6, 6.07) is 9.53. The Balaban J connectivity index is 1.62. The molecular formula is C21H23N3O3. The van der Waals surface area contributed by atoms with Gasteiger partial charge in [0.2, 0.25) is 5.91 Å². The van der Waals surface area contributed by atoms with Crippen molar-refractivity contribution >= 4 is 17.6 Å². The van der Waals surface area contributed by atoms with Crippen LogP contribution in [0.15, 0.2) is 48.8 Å². The van der Waals surface area contributed by atoms with E-state index in [1.165, 1.54) is 6.08 Å². The van der Waals surface area contributed by atoms with Crippen LogP contribution in [0.4, 0.5) is 0 Å². The highest BCUT2D eigenvalue weighted by Crippen LogP contribution is 2.28. The number of carbonyl (C=O) groups excluding carboxylic acids is 1. The quantitative estimate of drug-likeness (QED) is 0.652. The molecule has 3 aromatic rings. The average molecular weight is 365 g/mol. The molecular weight excluding hydrogens is 342 g/mol. The lowest BCUT2D eigenvalue weighted by molar-refractivity contribution is -0.116. The summed E-state index contributed by atoms with van der Waals surface area (Å²) in [4.78, 5) is 16.7. The van der Waals surface area contributed by atoms with Gasteiger partial charge in [0.1, 0.15) is 5.65 Å². The summed E-state index contributed by atoms with van der Waals surface area (Å²) in [6.45, 7) is 4.87. The van der Waals surface area contributed by atoms with Gasteiger partial charge in [0.25, 0.3) is 0 Å². The summed E-state index contributed by atoms with van der Waals surface area (Å²) < 4.78 is 12.8. The Morgan fingerprint density at radius 1 is 1.30 bits per heavy atom. The largest absolute Gasteiger partial charge is 0.493 e. The number of aromatic nitrogens is 2. The Kier molecular flexibility index (Phi) is 5.76. The summed E-state index contributed by atoms with van der Waals surface area (Å²) in [6.07, 6.45) is 7.10. The maximum Gasteiger partial charge on any atom is 0.244 e. The van der Waals surface area contributed by atoms with E-state index in [0.717, 1.165) is 22.5 Å². The number of aryl methyl sites for hydroxylation is 1. The van der Waals surface area contributed by atoms with E-state index in [-0.39, 0.29) is 5.91 Å². The van der Waals surface area contributed by atoms with E-state index in [1.807, 2.05) is 61.0 Å². The van der Waals surface area contributed by atoms with Crippen LogP contribution in [0.25, 0.3) is 11.7 Å². The third-order valence-electron chi connectivity index (χ3n) is 4.09. The Labute approximate surface area is 158 Å². The Morgan fingerprint density at radius 2 is 2.15 bits per heavy atom. The summed E-state index contributed by atoms with van der Waals surface area (Å²) in [7, 11) is 1.59. The monoisotopic (exact) mass is 365 g/mol. The number of hydrogen-bond acceptors (Lipinski definition) is 4. The minimum absolute atomic E-state index is 0.184. The van der Waals surface area contributed by atoms with Gasteiger partial charge in [-0.1, -0.05) is 12.1 Å². The lowest BCUT2D eigenvalue weighted by Gasteiger charge is -2.09. The van der Waals surface area contributed by atoms with E-state index in [4.69, 9.17) is 9.47 Å². The number of benzene rings is 1. The Morgan fingerprint density at radius 3 is 2.89 bits per heavy atom. The number of carbonyl (C=O) groups is 1. The van der Waals surface area contributed by atoms with Gasteiger partial charge in [-0.15, -0.1) is 0 Å². The molecule has 0 fully saturated rings. The van der Waals surface area contributed by atoms with Crippen LogP contribution in [-0.4, -0.2) is 29.0 Å². The molecule has 6 nitrogen and oxygen atoms in total. The number of nitrogens with zero attached hydrogens (tertiary/aromatic N) is 2. The van der Waals surface area contributed by atoms with Crippen molar-refractivity contribution in [1.29, 1.82) is 0 Å². The molecule has 0 radical (unpaired) electrons. The number of hydrogen-bond donors (Lipinski definition) is 1. The van der Waals surface area contributed by atoms with E-state index < -0.39 is 0 Å². The standard InChI is InChI=1S/C21H23N3O3/c1-4-27-18-9-7-16(12-19(18)26-3)8-10-20(25)22-13-17-14-24-11-5-6-15(2)21(24)23-17/h5-12,14H,4,13H2,1-3H3,(H,22,25)/b10-8+. The second-order valence-electron chi connectivity index (χ2n) is 6.05. The van der Waals surface area contributed by atoms with Crippen molar-refractivity contribution in [1.82, 2.24) is 14.7 Å². The van der Waals surface area contributed by atoms with Crippen LogP contribution in [0.2, 0.25) is 0 Å². The van der Waals surface area contributed by atoms with Gasteiger partial charge in [0.15, 0.2) is 11.5 Å². The molecule has 1 amide bonds. The number of fused-ring (bicyclic) bond motifs is 1. The normalized spacial score (nSPS) is 11.1. The molecule has 0 saturated carbocycles. The van der Waals surface area contributed by atoms with E-state index in [2.05, 4.69) is 10.3 Å². The number of pyridine rings is 1. The summed E-state index contributed by atoms with van der Waals surface area (Å²) >= 11 is 0.